The largest absolute Gasteiger partial charge is 0.396 e. The molecule has 1 fully saturated rings. The molecule has 0 saturated heterocycles. The predicted molar refractivity (Wildman–Crippen MR) is 46.8 cm³/mol. The Morgan fingerprint density at radius 1 is 1.46 bits per heavy atom. The van der Waals surface area contributed by atoms with E-state index in [0.29, 0.717) is 12.8 Å². The van der Waals surface area contributed by atoms with Crippen LogP contribution < -0.4 is 0 Å². The lowest BCUT2D eigenvalue weighted by Gasteiger charge is -2.38. The van der Waals surface area contributed by atoms with Gasteiger partial charge in [-0.3, -0.25) is 0 Å². The number of hydrogen-bond donors (Lipinski definition) is 4. The van der Waals surface area contributed by atoms with Crippen LogP contribution in [0.5, 0.6) is 0 Å². The normalized spacial score (nSPS) is 35.8. The molecule has 0 aliphatic heterocycles. The molecule has 1 aliphatic carbocycles. The second kappa shape index (κ2) is 3.92. The van der Waals surface area contributed by atoms with Crippen LogP contribution in [-0.2, 0) is 0 Å². The SMILES string of the molecule is CC(CO)C1CCC(O)(O)C(O)C1. The van der Waals surface area contributed by atoms with Crippen molar-refractivity contribution >= 4 is 0 Å². The third-order valence-corrected chi connectivity index (χ3v) is 3.04. The minimum atomic E-state index is -1.92. The summed E-state index contributed by atoms with van der Waals surface area (Å²) in [7, 11) is 0. The second-order valence-corrected chi connectivity index (χ2v) is 4.09. The van der Waals surface area contributed by atoms with Gasteiger partial charge in [-0.25, -0.2) is 0 Å². The van der Waals surface area contributed by atoms with E-state index in [0.717, 1.165) is 0 Å². The molecule has 4 N–H and O–H groups in total. The van der Waals surface area contributed by atoms with E-state index >= 15 is 0 Å². The van der Waals surface area contributed by atoms with Crippen molar-refractivity contribution in [2.75, 3.05) is 6.61 Å². The lowest BCUT2D eigenvalue weighted by atomic mass is 9.77. The Balaban J connectivity index is 2.51. The Hall–Kier alpha value is -0.160. The van der Waals surface area contributed by atoms with E-state index in [4.69, 9.17) is 5.11 Å². The lowest BCUT2D eigenvalue weighted by molar-refractivity contribution is -0.248. The molecule has 1 rings (SSSR count). The molecular weight excluding hydrogens is 172 g/mol. The lowest BCUT2D eigenvalue weighted by Crippen LogP contribution is -2.48. The van der Waals surface area contributed by atoms with Crippen LogP contribution in [0.2, 0.25) is 0 Å². The molecule has 0 amide bonds. The standard InChI is InChI=1S/C9H18O4/c1-6(5-10)7-2-3-9(12,13)8(11)4-7/h6-8,10-13H,2-5H2,1H3. The van der Waals surface area contributed by atoms with Crippen molar-refractivity contribution in [2.45, 2.75) is 38.1 Å². The highest BCUT2D eigenvalue weighted by molar-refractivity contribution is 4.86. The molecule has 4 heteroatoms. The molecular formula is C9H18O4. The maximum absolute atomic E-state index is 9.37. The first-order valence-corrected chi connectivity index (χ1v) is 4.71. The number of hydrogen-bond acceptors (Lipinski definition) is 4. The van der Waals surface area contributed by atoms with Crippen LogP contribution in [-0.4, -0.2) is 38.9 Å². The molecule has 1 aliphatic rings. The molecule has 0 bridgehead atoms. The van der Waals surface area contributed by atoms with Gasteiger partial charge in [0.2, 0.25) is 0 Å². The van der Waals surface area contributed by atoms with Gasteiger partial charge in [0.25, 0.3) is 0 Å². The van der Waals surface area contributed by atoms with Gasteiger partial charge in [0.15, 0.2) is 5.79 Å². The van der Waals surface area contributed by atoms with Crippen LogP contribution in [0.15, 0.2) is 0 Å². The summed E-state index contributed by atoms with van der Waals surface area (Å²) in [6.07, 6.45) is 0.101. The smallest absolute Gasteiger partial charge is 0.189 e. The first-order chi connectivity index (χ1) is 5.97. The Labute approximate surface area is 77.8 Å². The third kappa shape index (κ3) is 2.40. The second-order valence-electron chi connectivity index (χ2n) is 4.09. The highest BCUT2D eigenvalue weighted by Crippen LogP contribution is 2.34. The van der Waals surface area contributed by atoms with Crippen molar-refractivity contribution in [2.24, 2.45) is 11.8 Å². The fourth-order valence-electron chi connectivity index (χ4n) is 1.82. The van der Waals surface area contributed by atoms with Gasteiger partial charge in [-0.05, 0) is 24.7 Å². The maximum Gasteiger partial charge on any atom is 0.189 e. The number of aliphatic hydroxyl groups excluding tert-OH is 2. The summed E-state index contributed by atoms with van der Waals surface area (Å²) < 4.78 is 0. The molecule has 0 spiro atoms. The van der Waals surface area contributed by atoms with E-state index in [1.54, 1.807) is 0 Å². The first kappa shape index (κ1) is 10.9. The van der Waals surface area contributed by atoms with Crippen LogP contribution in [0.1, 0.15) is 26.2 Å². The monoisotopic (exact) mass is 190 g/mol. The number of rotatable bonds is 2. The molecule has 3 unspecified atom stereocenters. The topological polar surface area (TPSA) is 80.9 Å². The van der Waals surface area contributed by atoms with E-state index < -0.39 is 11.9 Å². The zero-order valence-corrected chi connectivity index (χ0v) is 7.85. The van der Waals surface area contributed by atoms with Gasteiger partial charge >= 0.3 is 0 Å². The fourth-order valence-corrected chi connectivity index (χ4v) is 1.82. The molecule has 0 heterocycles. The third-order valence-electron chi connectivity index (χ3n) is 3.04. The quantitative estimate of drug-likeness (QED) is 0.441. The minimum absolute atomic E-state index is 0.0846. The van der Waals surface area contributed by atoms with Gasteiger partial charge < -0.3 is 20.4 Å². The molecule has 0 radical (unpaired) electrons. The van der Waals surface area contributed by atoms with Crippen molar-refractivity contribution in [3.63, 3.8) is 0 Å². The molecule has 78 valence electrons. The average molecular weight is 190 g/mol. The van der Waals surface area contributed by atoms with Gasteiger partial charge in [-0.1, -0.05) is 6.92 Å². The molecule has 1 saturated carbocycles. The van der Waals surface area contributed by atoms with E-state index in [9.17, 15) is 15.3 Å². The Morgan fingerprint density at radius 3 is 2.54 bits per heavy atom. The molecule has 0 aromatic heterocycles. The first-order valence-electron chi connectivity index (χ1n) is 4.71. The van der Waals surface area contributed by atoms with Crippen LogP contribution in [0.4, 0.5) is 0 Å². The van der Waals surface area contributed by atoms with Crippen molar-refractivity contribution in [3.05, 3.63) is 0 Å². The van der Waals surface area contributed by atoms with Crippen molar-refractivity contribution < 1.29 is 20.4 Å². The van der Waals surface area contributed by atoms with Gasteiger partial charge in [0.1, 0.15) is 6.10 Å². The summed E-state index contributed by atoms with van der Waals surface area (Å²) in [5.41, 5.74) is 0. The van der Waals surface area contributed by atoms with Gasteiger partial charge in [-0.15, -0.1) is 0 Å². The van der Waals surface area contributed by atoms with Crippen LogP contribution in [0.25, 0.3) is 0 Å². The van der Waals surface area contributed by atoms with E-state index in [-0.39, 0.29) is 24.9 Å². The molecule has 0 aromatic rings. The Morgan fingerprint density at radius 2 is 2.08 bits per heavy atom. The van der Waals surface area contributed by atoms with Gasteiger partial charge in [0.05, 0.1) is 0 Å². The van der Waals surface area contributed by atoms with Gasteiger partial charge in [0, 0.05) is 13.0 Å². The molecule has 13 heavy (non-hydrogen) atoms. The highest BCUT2D eigenvalue weighted by Gasteiger charge is 2.40. The summed E-state index contributed by atoms with van der Waals surface area (Å²) >= 11 is 0. The van der Waals surface area contributed by atoms with Crippen molar-refractivity contribution in [1.29, 1.82) is 0 Å². The summed E-state index contributed by atoms with van der Waals surface area (Å²) in [5.74, 6) is -1.62. The molecule has 3 atom stereocenters. The minimum Gasteiger partial charge on any atom is -0.396 e. The highest BCUT2D eigenvalue weighted by atomic mass is 16.5. The van der Waals surface area contributed by atoms with Gasteiger partial charge in [-0.2, -0.15) is 0 Å². The zero-order valence-electron chi connectivity index (χ0n) is 7.85. The average Bonchev–Trinajstić information content (AvgIpc) is 2.08. The van der Waals surface area contributed by atoms with E-state index in [1.807, 2.05) is 6.92 Å². The Bertz CT molecular complexity index is 169. The van der Waals surface area contributed by atoms with Crippen LogP contribution in [0.3, 0.4) is 0 Å². The van der Waals surface area contributed by atoms with E-state index in [1.165, 1.54) is 0 Å². The number of aliphatic hydroxyl groups is 4. The van der Waals surface area contributed by atoms with Crippen molar-refractivity contribution in [1.82, 2.24) is 0 Å². The predicted octanol–water partition coefficient (Wildman–Crippen LogP) is -0.543. The Kier molecular flexibility index (Phi) is 3.29. The summed E-state index contributed by atoms with van der Waals surface area (Å²) in [5, 5.41) is 36.8. The van der Waals surface area contributed by atoms with Crippen LogP contribution in [0, 0.1) is 11.8 Å². The summed E-state index contributed by atoms with van der Waals surface area (Å²) in [4.78, 5) is 0. The van der Waals surface area contributed by atoms with Crippen LogP contribution >= 0.6 is 0 Å². The zero-order chi connectivity index (χ0) is 10.1. The maximum atomic E-state index is 9.37. The molecule has 0 aromatic carbocycles. The molecule has 4 nitrogen and oxygen atoms in total. The fraction of sp³-hybridized carbons (Fsp3) is 1.00. The summed E-state index contributed by atoms with van der Waals surface area (Å²) in [6.45, 7) is 1.99. The van der Waals surface area contributed by atoms with E-state index in [2.05, 4.69) is 0 Å². The summed E-state index contributed by atoms with van der Waals surface area (Å²) in [6, 6.07) is 0. The van der Waals surface area contributed by atoms with Crippen molar-refractivity contribution in [3.8, 4) is 0 Å².